The molecule has 1 aliphatic carbocycles. The molecule has 1 heterocycles. The molecule has 4 nitrogen and oxygen atoms in total. The Labute approximate surface area is 138 Å². The molecule has 0 radical (unpaired) electrons. The van der Waals surface area contributed by atoms with Gasteiger partial charge < -0.3 is 14.7 Å². The molecule has 23 heavy (non-hydrogen) atoms. The first kappa shape index (κ1) is 16.3. The van der Waals surface area contributed by atoms with Crippen molar-refractivity contribution in [2.24, 2.45) is 5.92 Å². The molecule has 2 atom stereocenters. The first-order valence-corrected chi connectivity index (χ1v) is 8.86. The molecule has 2 aliphatic rings. The van der Waals surface area contributed by atoms with Gasteiger partial charge in [0.05, 0.1) is 6.10 Å². The number of ether oxygens (including phenoxy) is 1. The van der Waals surface area contributed by atoms with E-state index in [4.69, 9.17) is 4.74 Å². The highest BCUT2D eigenvalue weighted by Gasteiger charge is 2.29. The normalized spacial score (nSPS) is 25.6. The van der Waals surface area contributed by atoms with Crippen molar-refractivity contribution in [3.05, 3.63) is 29.8 Å². The number of nitrogens with zero attached hydrogens (tertiary/aromatic N) is 1. The predicted octanol–water partition coefficient (Wildman–Crippen LogP) is 3.24. The number of hydrogen-bond donors (Lipinski definition) is 1. The summed E-state index contributed by atoms with van der Waals surface area (Å²) in [5.74, 6) is 1.05. The minimum absolute atomic E-state index is 0.0486. The van der Waals surface area contributed by atoms with Crippen molar-refractivity contribution < 1.29 is 14.6 Å². The Morgan fingerprint density at radius 3 is 2.78 bits per heavy atom. The maximum absolute atomic E-state index is 12.8. The van der Waals surface area contributed by atoms with Gasteiger partial charge in [-0.05, 0) is 69.6 Å². The Balaban J connectivity index is 1.70. The van der Waals surface area contributed by atoms with Crippen molar-refractivity contribution in [2.45, 2.75) is 57.6 Å². The smallest absolute Gasteiger partial charge is 0.254 e. The highest BCUT2D eigenvalue weighted by atomic mass is 16.5. The van der Waals surface area contributed by atoms with Gasteiger partial charge in [0, 0.05) is 24.8 Å². The van der Waals surface area contributed by atoms with Gasteiger partial charge in [-0.2, -0.15) is 0 Å². The SMILES string of the molecule is CC1CCC(CO)CN1C(=O)c1cccc(OC2CCCC2)c1. The molecule has 1 amide bonds. The molecule has 1 N–H and O–H groups in total. The summed E-state index contributed by atoms with van der Waals surface area (Å²) in [6.07, 6.45) is 6.93. The number of piperidine rings is 1. The van der Waals surface area contributed by atoms with E-state index in [1.54, 1.807) is 0 Å². The zero-order valence-corrected chi connectivity index (χ0v) is 13.9. The van der Waals surface area contributed by atoms with Crippen molar-refractivity contribution in [1.82, 2.24) is 4.90 Å². The first-order valence-electron chi connectivity index (χ1n) is 8.86. The van der Waals surface area contributed by atoms with Gasteiger partial charge in [0.2, 0.25) is 0 Å². The lowest BCUT2D eigenvalue weighted by Crippen LogP contribution is -2.46. The van der Waals surface area contributed by atoms with Crippen molar-refractivity contribution >= 4 is 5.91 Å². The van der Waals surface area contributed by atoms with Crippen LogP contribution in [0.15, 0.2) is 24.3 Å². The minimum Gasteiger partial charge on any atom is -0.490 e. The van der Waals surface area contributed by atoms with Crippen LogP contribution in [0.3, 0.4) is 0 Å². The maximum Gasteiger partial charge on any atom is 0.254 e. The Hall–Kier alpha value is -1.55. The second-order valence-electron chi connectivity index (χ2n) is 6.98. The fourth-order valence-electron chi connectivity index (χ4n) is 3.68. The summed E-state index contributed by atoms with van der Waals surface area (Å²) in [4.78, 5) is 14.8. The molecule has 3 rings (SSSR count). The molecule has 1 aromatic rings. The molecular weight excluding hydrogens is 290 g/mol. The van der Waals surface area contributed by atoms with Crippen LogP contribution in [0.4, 0.5) is 0 Å². The fraction of sp³-hybridized carbons (Fsp3) is 0.632. The van der Waals surface area contributed by atoms with Gasteiger partial charge in [-0.25, -0.2) is 0 Å². The molecule has 126 valence electrons. The Morgan fingerprint density at radius 1 is 1.26 bits per heavy atom. The van der Waals surface area contributed by atoms with Crippen LogP contribution in [0.2, 0.25) is 0 Å². The lowest BCUT2D eigenvalue weighted by atomic mass is 9.93. The van der Waals surface area contributed by atoms with Gasteiger partial charge in [-0.3, -0.25) is 4.79 Å². The highest BCUT2D eigenvalue weighted by Crippen LogP contribution is 2.27. The summed E-state index contributed by atoms with van der Waals surface area (Å²) in [7, 11) is 0. The van der Waals surface area contributed by atoms with Crippen LogP contribution in [-0.2, 0) is 0 Å². The topological polar surface area (TPSA) is 49.8 Å². The summed E-state index contributed by atoms with van der Waals surface area (Å²) in [6, 6.07) is 7.79. The van der Waals surface area contributed by atoms with E-state index in [-0.39, 0.29) is 24.5 Å². The average Bonchev–Trinajstić information content (AvgIpc) is 3.08. The third-order valence-corrected chi connectivity index (χ3v) is 5.18. The third-order valence-electron chi connectivity index (χ3n) is 5.18. The van der Waals surface area contributed by atoms with Crippen LogP contribution < -0.4 is 4.74 Å². The van der Waals surface area contributed by atoms with E-state index < -0.39 is 0 Å². The minimum atomic E-state index is 0.0486. The quantitative estimate of drug-likeness (QED) is 0.927. The van der Waals surface area contributed by atoms with Crippen molar-refractivity contribution in [3.63, 3.8) is 0 Å². The van der Waals surface area contributed by atoms with E-state index in [1.807, 2.05) is 29.2 Å². The van der Waals surface area contributed by atoms with E-state index in [9.17, 15) is 9.90 Å². The zero-order chi connectivity index (χ0) is 16.2. The number of carbonyl (C=O) groups is 1. The summed E-state index contributed by atoms with van der Waals surface area (Å²) in [6.45, 7) is 2.88. The third kappa shape index (κ3) is 3.86. The molecular formula is C19H27NO3. The van der Waals surface area contributed by atoms with Crippen LogP contribution in [0.25, 0.3) is 0 Å². The van der Waals surface area contributed by atoms with Crippen LogP contribution in [-0.4, -0.2) is 41.2 Å². The zero-order valence-electron chi connectivity index (χ0n) is 13.9. The van der Waals surface area contributed by atoms with Gasteiger partial charge in [0.15, 0.2) is 0 Å². The summed E-state index contributed by atoms with van der Waals surface area (Å²) >= 11 is 0. The second kappa shape index (κ2) is 7.35. The first-order chi connectivity index (χ1) is 11.2. The van der Waals surface area contributed by atoms with E-state index in [2.05, 4.69) is 6.92 Å². The second-order valence-corrected chi connectivity index (χ2v) is 6.98. The van der Waals surface area contributed by atoms with Gasteiger partial charge in [-0.1, -0.05) is 6.07 Å². The summed E-state index contributed by atoms with van der Waals surface area (Å²) in [5.41, 5.74) is 0.686. The fourth-order valence-corrected chi connectivity index (χ4v) is 3.68. The van der Waals surface area contributed by atoms with Crippen molar-refractivity contribution in [2.75, 3.05) is 13.2 Å². The molecule has 1 saturated carbocycles. The van der Waals surface area contributed by atoms with E-state index in [0.717, 1.165) is 31.4 Å². The lowest BCUT2D eigenvalue weighted by Gasteiger charge is -2.37. The molecule has 4 heteroatoms. The van der Waals surface area contributed by atoms with Crippen LogP contribution in [0.1, 0.15) is 55.8 Å². The Morgan fingerprint density at radius 2 is 2.04 bits per heavy atom. The number of rotatable bonds is 4. The summed E-state index contributed by atoms with van der Waals surface area (Å²) in [5, 5.41) is 9.39. The molecule has 0 spiro atoms. The van der Waals surface area contributed by atoms with Crippen LogP contribution in [0, 0.1) is 5.92 Å². The lowest BCUT2D eigenvalue weighted by molar-refractivity contribution is 0.0488. The highest BCUT2D eigenvalue weighted by molar-refractivity contribution is 5.94. The van der Waals surface area contributed by atoms with E-state index in [1.165, 1.54) is 12.8 Å². The molecule has 1 aliphatic heterocycles. The molecule has 2 unspecified atom stereocenters. The average molecular weight is 317 g/mol. The number of benzene rings is 1. The number of carbonyl (C=O) groups excluding carboxylic acids is 1. The Kier molecular flexibility index (Phi) is 5.21. The summed E-state index contributed by atoms with van der Waals surface area (Å²) < 4.78 is 6.01. The van der Waals surface area contributed by atoms with E-state index >= 15 is 0 Å². The number of amides is 1. The van der Waals surface area contributed by atoms with Crippen LogP contribution >= 0.6 is 0 Å². The predicted molar refractivity (Wildman–Crippen MR) is 89.6 cm³/mol. The molecule has 1 aromatic carbocycles. The standard InChI is InChI=1S/C19H27NO3/c1-14-9-10-15(13-21)12-20(14)19(22)16-5-4-8-18(11-16)23-17-6-2-3-7-17/h4-5,8,11,14-15,17,21H,2-3,6-7,9-10,12-13H2,1H3. The number of hydrogen-bond acceptors (Lipinski definition) is 3. The van der Waals surface area contributed by atoms with E-state index in [0.29, 0.717) is 18.2 Å². The van der Waals surface area contributed by atoms with Gasteiger partial charge >= 0.3 is 0 Å². The number of aliphatic hydroxyl groups excluding tert-OH is 1. The van der Waals surface area contributed by atoms with Gasteiger partial charge in [-0.15, -0.1) is 0 Å². The maximum atomic E-state index is 12.8. The van der Waals surface area contributed by atoms with Gasteiger partial charge in [0.1, 0.15) is 5.75 Å². The van der Waals surface area contributed by atoms with Crippen LogP contribution in [0.5, 0.6) is 5.75 Å². The molecule has 2 fully saturated rings. The monoisotopic (exact) mass is 317 g/mol. The molecule has 0 aromatic heterocycles. The number of likely N-dealkylation sites (tertiary alicyclic amines) is 1. The van der Waals surface area contributed by atoms with Gasteiger partial charge in [0.25, 0.3) is 5.91 Å². The van der Waals surface area contributed by atoms with Crippen molar-refractivity contribution in [1.29, 1.82) is 0 Å². The molecule has 0 bridgehead atoms. The van der Waals surface area contributed by atoms with Crippen molar-refractivity contribution in [3.8, 4) is 5.75 Å². The Bertz CT molecular complexity index is 539. The number of aliphatic hydroxyl groups is 1. The molecule has 1 saturated heterocycles. The largest absolute Gasteiger partial charge is 0.490 e.